The summed E-state index contributed by atoms with van der Waals surface area (Å²) in [6.45, 7) is 2.23. The van der Waals surface area contributed by atoms with Gasteiger partial charge in [0.15, 0.2) is 5.82 Å². The SMILES string of the molecule is O=C1CN(c2ccc(CNC(=O)Nc3ccc(-c4n[nH]c(C5CC5)n4)cc3)cc2)CCN1. The predicted octanol–water partition coefficient (Wildman–Crippen LogP) is 2.61. The summed E-state index contributed by atoms with van der Waals surface area (Å²) >= 11 is 0. The molecule has 0 bridgehead atoms. The minimum atomic E-state index is -0.275. The van der Waals surface area contributed by atoms with Crippen molar-refractivity contribution in [1.82, 2.24) is 25.8 Å². The summed E-state index contributed by atoms with van der Waals surface area (Å²) < 4.78 is 0. The van der Waals surface area contributed by atoms with Gasteiger partial charge in [0.25, 0.3) is 0 Å². The first-order valence-corrected chi connectivity index (χ1v) is 10.8. The fourth-order valence-electron chi connectivity index (χ4n) is 3.69. The van der Waals surface area contributed by atoms with Gasteiger partial charge in [-0.05, 0) is 54.8 Å². The molecule has 1 aromatic heterocycles. The van der Waals surface area contributed by atoms with E-state index in [0.717, 1.165) is 29.2 Å². The first kappa shape index (κ1) is 20.0. The second-order valence-corrected chi connectivity index (χ2v) is 8.14. The number of nitrogens with zero attached hydrogens (tertiary/aromatic N) is 3. The molecule has 9 nitrogen and oxygen atoms in total. The highest BCUT2D eigenvalue weighted by atomic mass is 16.2. The van der Waals surface area contributed by atoms with Gasteiger partial charge in [-0.25, -0.2) is 9.78 Å². The van der Waals surface area contributed by atoms with E-state index in [1.165, 1.54) is 12.8 Å². The number of aromatic amines is 1. The van der Waals surface area contributed by atoms with E-state index < -0.39 is 0 Å². The summed E-state index contributed by atoms with van der Waals surface area (Å²) in [4.78, 5) is 30.4. The molecule has 3 aromatic rings. The van der Waals surface area contributed by atoms with Crippen molar-refractivity contribution in [3.05, 3.63) is 59.9 Å². The average Bonchev–Trinajstić information content (AvgIpc) is 3.55. The van der Waals surface area contributed by atoms with Crippen LogP contribution < -0.4 is 20.9 Å². The smallest absolute Gasteiger partial charge is 0.319 e. The van der Waals surface area contributed by atoms with Crippen LogP contribution in [0.1, 0.15) is 30.1 Å². The zero-order valence-electron chi connectivity index (χ0n) is 17.6. The number of H-pyrrole nitrogens is 1. The molecule has 1 aliphatic carbocycles. The zero-order chi connectivity index (χ0) is 21.9. The first-order valence-electron chi connectivity index (χ1n) is 10.8. The number of anilines is 2. The Morgan fingerprint density at radius 3 is 2.59 bits per heavy atom. The monoisotopic (exact) mass is 431 g/mol. The molecule has 32 heavy (non-hydrogen) atoms. The maximum atomic E-state index is 12.3. The lowest BCUT2D eigenvalue weighted by molar-refractivity contribution is -0.120. The molecule has 0 unspecified atom stereocenters. The van der Waals surface area contributed by atoms with Gasteiger partial charge in [-0.1, -0.05) is 12.1 Å². The molecule has 2 fully saturated rings. The van der Waals surface area contributed by atoms with Crippen molar-refractivity contribution in [1.29, 1.82) is 0 Å². The Labute approximate surface area is 185 Å². The topological polar surface area (TPSA) is 115 Å². The van der Waals surface area contributed by atoms with Gasteiger partial charge in [0.05, 0.1) is 6.54 Å². The third kappa shape index (κ3) is 4.72. The normalized spacial score (nSPS) is 15.9. The molecule has 1 saturated carbocycles. The lowest BCUT2D eigenvalue weighted by Gasteiger charge is -2.28. The van der Waals surface area contributed by atoms with E-state index in [1.807, 2.05) is 53.4 Å². The molecule has 0 atom stereocenters. The predicted molar refractivity (Wildman–Crippen MR) is 121 cm³/mol. The van der Waals surface area contributed by atoms with Crippen LogP contribution in [0.2, 0.25) is 0 Å². The second-order valence-electron chi connectivity index (χ2n) is 8.14. The van der Waals surface area contributed by atoms with Crippen LogP contribution in [0.15, 0.2) is 48.5 Å². The van der Waals surface area contributed by atoms with Crippen LogP contribution in [-0.2, 0) is 11.3 Å². The zero-order valence-corrected chi connectivity index (χ0v) is 17.6. The Morgan fingerprint density at radius 1 is 1.09 bits per heavy atom. The van der Waals surface area contributed by atoms with Gasteiger partial charge in [0.2, 0.25) is 5.91 Å². The van der Waals surface area contributed by atoms with Crippen molar-refractivity contribution in [2.45, 2.75) is 25.3 Å². The highest BCUT2D eigenvalue weighted by molar-refractivity contribution is 5.89. The highest BCUT2D eigenvalue weighted by Gasteiger charge is 2.27. The maximum Gasteiger partial charge on any atom is 0.319 e. The number of urea groups is 1. The van der Waals surface area contributed by atoms with Crippen LogP contribution in [-0.4, -0.2) is 46.8 Å². The minimum absolute atomic E-state index is 0.0373. The van der Waals surface area contributed by atoms with Crippen LogP contribution in [0.3, 0.4) is 0 Å². The largest absolute Gasteiger partial charge is 0.360 e. The van der Waals surface area contributed by atoms with Gasteiger partial charge in [0.1, 0.15) is 5.82 Å². The highest BCUT2D eigenvalue weighted by Crippen LogP contribution is 2.38. The second kappa shape index (κ2) is 8.70. The van der Waals surface area contributed by atoms with Crippen molar-refractivity contribution in [3.8, 4) is 11.4 Å². The number of amides is 3. The van der Waals surface area contributed by atoms with Gasteiger partial charge < -0.3 is 20.9 Å². The van der Waals surface area contributed by atoms with Crippen molar-refractivity contribution < 1.29 is 9.59 Å². The fourth-order valence-corrected chi connectivity index (χ4v) is 3.69. The van der Waals surface area contributed by atoms with E-state index in [4.69, 9.17) is 0 Å². The summed E-state index contributed by atoms with van der Waals surface area (Å²) in [7, 11) is 0. The Hall–Kier alpha value is -3.88. The standard InChI is InChI=1S/C23H25N7O2/c31-20-14-30(12-11-24-20)19-9-1-15(2-10-19)13-25-23(32)26-18-7-5-17(6-8-18)22-27-21(28-29-22)16-3-4-16/h1-2,5-10,16H,3-4,11-14H2,(H,24,31)(H2,25,26,32)(H,27,28,29). The van der Waals surface area contributed by atoms with E-state index in [-0.39, 0.29) is 11.9 Å². The Bertz CT molecular complexity index is 1100. The molecule has 5 rings (SSSR count). The van der Waals surface area contributed by atoms with Crippen LogP contribution in [0.25, 0.3) is 11.4 Å². The number of carbonyl (C=O) groups excluding carboxylic acids is 2. The lowest BCUT2D eigenvalue weighted by Crippen LogP contribution is -2.47. The van der Waals surface area contributed by atoms with Crippen LogP contribution in [0.5, 0.6) is 0 Å². The van der Waals surface area contributed by atoms with Crippen molar-refractivity contribution in [2.24, 2.45) is 0 Å². The number of carbonyl (C=O) groups is 2. The van der Waals surface area contributed by atoms with Gasteiger partial charge in [-0.2, -0.15) is 5.10 Å². The molecule has 2 heterocycles. The van der Waals surface area contributed by atoms with Gasteiger partial charge in [-0.15, -0.1) is 0 Å². The number of hydrogen-bond acceptors (Lipinski definition) is 5. The molecule has 164 valence electrons. The summed E-state index contributed by atoms with van der Waals surface area (Å²) in [5.41, 5.74) is 3.59. The third-order valence-electron chi connectivity index (χ3n) is 5.66. The van der Waals surface area contributed by atoms with Crippen molar-refractivity contribution in [2.75, 3.05) is 29.9 Å². The Kier molecular flexibility index (Phi) is 5.45. The van der Waals surface area contributed by atoms with E-state index in [9.17, 15) is 9.59 Å². The molecule has 4 N–H and O–H groups in total. The first-order chi connectivity index (χ1) is 15.6. The number of benzene rings is 2. The molecule has 1 saturated heterocycles. The van der Waals surface area contributed by atoms with E-state index in [2.05, 4.69) is 31.1 Å². The molecule has 0 radical (unpaired) electrons. The number of hydrogen-bond donors (Lipinski definition) is 4. The Balaban J connectivity index is 1.11. The number of aromatic nitrogens is 3. The molecule has 3 amide bonds. The molecule has 2 aliphatic rings. The summed E-state index contributed by atoms with van der Waals surface area (Å²) in [5.74, 6) is 2.20. The fraction of sp³-hybridized carbons (Fsp3) is 0.304. The molecule has 9 heteroatoms. The van der Waals surface area contributed by atoms with Crippen molar-refractivity contribution >= 4 is 23.3 Å². The molecule has 0 spiro atoms. The average molecular weight is 432 g/mol. The molecular weight excluding hydrogens is 406 g/mol. The number of piperazine rings is 1. The summed E-state index contributed by atoms with van der Waals surface area (Å²) in [6, 6.07) is 15.1. The summed E-state index contributed by atoms with van der Waals surface area (Å²) in [5, 5.41) is 15.8. The van der Waals surface area contributed by atoms with Gasteiger partial charge in [0, 0.05) is 42.5 Å². The number of rotatable bonds is 6. The van der Waals surface area contributed by atoms with Crippen LogP contribution in [0.4, 0.5) is 16.2 Å². The number of nitrogens with one attached hydrogen (secondary N) is 4. The minimum Gasteiger partial charge on any atom is -0.360 e. The molecule has 2 aromatic carbocycles. The van der Waals surface area contributed by atoms with Crippen molar-refractivity contribution in [3.63, 3.8) is 0 Å². The third-order valence-corrected chi connectivity index (χ3v) is 5.66. The Morgan fingerprint density at radius 2 is 1.88 bits per heavy atom. The van der Waals surface area contributed by atoms with Gasteiger partial charge in [-0.3, -0.25) is 9.89 Å². The van der Waals surface area contributed by atoms with Gasteiger partial charge >= 0.3 is 6.03 Å². The van der Waals surface area contributed by atoms with E-state index in [0.29, 0.717) is 37.1 Å². The van der Waals surface area contributed by atoms with Crippen LogP contribution >= 0.6 is 0 Å². The maximum absolute atomic E-state index is 12.3. The summed E-state index contributed by atoms with van der Waals surface area (Å²) in [6.07, 6.45) is 2.35. The van der Waals surface area contributed by atoms with E-state index in [1.54, 1.807) is 0 Å². The quantitative estimate of drug-likeness (QED) is 0.479. The molecule has 1 aliphatic heterocycles. The molecular formula is C23H25N7O2. The van der Waals surface area contributed by atoms with Crippen LogP contribution in [0, 0.1) is 0 Å². The lowest BCUT2D eigenvalue weighted by atomic mass is 10.2. The van der Waals surface area contributed by atoms with E-state index >= 15 is 0 Å².